The Bertz CT molecular complexity index is 567. The first-order valence-electron chi connectivity index (χ1n) is 7.71. The van der Waals surface area contributed by atoms with Gasteiger partial charge in [0.1, 0.15) is 0 Å². The normalized spacial score (nSPS) is 19.5. The minimum Gasteiger partial charge on any atom is -0.338 e. The summed E-state index contributed by atoms with van der Waals surface area (Å²) in [5.41, 5.74) is 1.14. The summed E-state index contributed by atoms with van der Waals surface area (Å²) < 4.78 is 5.47. The molecule has 3 heterocycles. The van der Waals surface area contributed by atoms with E-state index in [1.807, 2.05) is 18.3 Å². The standard InChI is InChI=1S/C16H22N4O/c1-12(2)15-18-16(21-19-15)14-7-5-10-20(14)11-8-13-6-3-4-9-17-13/h3-4,6,9,12,14H,5,7-8,10-11H2,1-2H3. The van der Waals surface area contributed by atoms with Crippen LogP contribution >= 0.6 is 0 Å². The Labute approximate surface area is 125 Å². The summed E-state index contributed by atoms with van der Waals surface area (Å²) in [7, 11) is 0. The van der Waals surface area contributed by atoms with Crippen molar-refractivity contribution in [2.24, 2.45) is 0 Å². The fourth-order valence-corrected chi connectivity index (χ4v) is 2.79. The molecule has 1 aliphatic heterocycles. The van der Waals surface area contributed by atoms with Gasteiger partial charge in [0.05, 0.1) is 6.04 Å². The van der Waals surface area contributed by atoms with Crippen molar-refractivity contribution in [1.82, 2.24) is 20.0 Å². The van der Waals surface area contributed by atoms with E-state index in [9.17, 15) is 0 Å². The van der Waals surface area contributed by atoms with Gasteiger partial charge in [-0.05, 0) is 31.5 Å². The molecule has 3 rings (SSSR count). The van der Waals surface area contributed by atoms with Crippen molar-refractivity contribution >= 4 is 0 Å². The summed E-state index contributed by atoms with van der Waals surface area (Å²) in [5.74, 6) is 1.89. The lowest BCUT2D eigenvalue weighted by Gasteiger charge is -2.21. The highest BCUT2D eigenvalue weighted by atomic mass is 16.5. The summed E-state index contributed by atoms with van der Waals surface area (Å²) in [6.45, 7) is 6.25. The molecule has 0 saturated carbocycles. The fourth-order valence-electron chi connectivity index (χ4n) is 2.79. The van der Waals surface area contributed by atoms with Crippen molar-refractivity contribution in [3.8, 4) is 0 Å². The molecule has 1 aliphatic rings. The molecule has 0 N–H and O–H groups in total. The van der Waals surface area contributed by atoms with Crippen LogP contribution in [0.3, 0.4) is 0 Å². The third-order valence-corrected chi connectivity index (χ3v) is 4.00. The van der Waals surface area contributed by atoms with E-state index in [0.29, 0.717) is 5.92 Å². The van der Waals surface area contributed by atoms with Crippen LogP contribution in [0.1, 0.15) is 56.1 Å². The molecule has 0 amide bonds. The van der Waals surface area contributed by atoms with Gasteiger partial charge in [-0.25, -0.2) is 0 Å². The van der Waals surface area contributed by atoms with Crippen molar-refractivity contribution in [3.05, 3.63) is 41.8 Å². The molecule has 1 saturated heterocycles. The molecule has 0 bridgehead atoms. The lowest BCUT2D eigenvalue weighted by Crippen LogP contribution is -2.26. The van der Waals surface area contributed by atoms with Gasteiger partial charge >= 0.3 is 0 Å². The van der Waals surface area contributed by atoms with Gasteiger partial charge in [-0.3, -0.25) is 9.88 Å². The Kier molecular flexibility index (Phi) is 4.29. The van der Waals surface area contributed by atoms with Gasteiger partial charge in [-0.15, -0.1) is 0 Å². The highest BCUT2D eigenvalue weighted by Crippen LogP contribution is 2.31. The summed E-state index contributed by atoms with van der Waals surface area (Å²) in [6.07, 6.45) is 5.10. The second kappa shape index (κ2) is 6.35. The van der Waals surface area contributed by atoms with Crippen molar-refractivity contribution in [3.63, 3.8) is 0 Å². The van der Waals surface area contributed by atoms with Crippen LogP contribution in [-0.4, -0.2) is 33.1 Å². The number of nitrogens with zero attached hydrogens (tertiary/aromatic N) is 4. The molecule has 0 aliphatic carbocycles. The summed E-state index contributed by atoms with van der Waals surface area (Å²) in [5, 5.41) is 4.09. The third-order valence-electron chi connectivity index (χ3n) is 4.00. The van der Waals surface area contributed by atoms with Crippen LogP contribution < -0.4 is 0 Å². The summed E-state index contributed by atoms with van der Waals surface area (Å²) in [4.78, 5) is 11.4. The van der Waals surface area contributed by atoms with E-state index in [0.717, 1.165) is 43.3 Å². The average molecular weight is 286 g/mol. The van der Waals surface area contributed by atoms with E-state index in [2.05, 4.69) is 39.9 Å². The largest absolute Gasteiger partial charge is 0.338 e. The maximum atomic E-state index is 5.47. The SMILES string of the molecule is CC(C)c1noc(C2CCCN2CCc2ccccn2)n1. The van der Waals surface area contributed by atoms with Gasteiger partial charge in [-0.2, -0.15) is 4.98 Å². The Morgan fingerprint density at radius 2 is 2.29 bits per heavy atom. The predicted molar refractivity (Wildman–Crippen MR) is 79.9 cm³/mol. The first-order valence-corrected chi connectivity index (χ1v) is 7.71. The third kappa shape index (κ3) is 3.29. The van der Waals surface area contributed by atoms with Gasteiger partial charge in [0, 0.05) is 30.8 Å². The molecule has 0 spiro atoms. The first-order chi connectivity index (χ1) is 10.2. The molecule has 0 aromatic carbocycles. The first kappa shape index (κ1) is 14.2. The van der Waals surface area contributed by atoms with Crippen LogP contribution in [0.5, 0.6) is 0 Å². The summed E-state index contributed by atoms with van der Waals surface area (Å²) in [6, 6.07) is 6.34. The second-order valence-electron chi connectivity index (χ2n) is 5.91. The van der Waals surface area contributed by atoms with Crippen LogP contribution in [0, 0.1) is 0 Å². The van der Waals surface area contributed by atoms with Crippen molar-refractivity contribution in [1.29, 1.82) is 0 Å². The quantitative estimate of drug-likeness (QED) is 0.845. The summed E-state index contributed by atoms with van der Waals surface area (Å²) >= 11 is 0. The van der Waals surface area contributed by atoms with E-state index >= 15 is 0 Å². The van der Waals surface area contributed by atoms with E-state index in [-0.39, 0.29) is 6.04 Å². The monoisotopic (exact) mass is 286 g/mol. The molecule has 112 valence electrons. The maximum absolute atomic E-state index is 5.47. The van der Waals surface area contributed by atoms with E-state index in [4.69, 9.17) is 4.52 Å². The molecule has 5 nitrogen and oxygen atoms in total. The highest BCUT2D eigenvalue weighted by Gasteiger charge is 2.30. The minimum absolute atomic E-state index is 0.272. The molecule has 0 radical (unpaired) electrons. The van der Waals surface area contributed by atoms with Gasteiger partial charge in [0.15, 0.2) is 5.82 Å². The second-order valence-corrected chi connectivity index (χ2v) is 5.91. The van der Waals surface area contributed by atoms with Crippen molar-refractivity contribution < 1.29 is 4.52 Å². The molecule has 5 heteroatoms. The topological polar surface area (TPSA) is 55.1 Å². The zero-order chi connectivity index (χ0) is 14.7. The lowest BCUT2D eigenvalue weighted by atomic mass is 10.2. The van der Waals surface area contributed by atoms with E-state index < -0.39 is 0 Å². The highest BCUT2D eigenvalue weighted by molar-refractivity contribution is 5.05. The molecule has 1 unspecified atom stereocenters. The number of pyridine rings is 1. The van der Waals surface area contributed by atoms with Crippen LogP contribution in [0.25, 0.3) is 0 Å². The van der Waals surface area contributed by atoms with Crippen molar-refractivity contribution in [2.75, 3.05) is 13.1 Å². The Morgan fingerprint density at radius 1 is 1.38 bits per heavy atom. The smallest absolute Gasteiger partial charge is 0.244 e. The Balaban J connectivity index is 1.64. The number of aromatic nitrogens is 3. The minimum atomic E-state index is 0.272. The van der Waals surface area contributed by atoms with Gasteiger partial charge < -0.3 is 4.52 Å². The predicted octanol–water partition coefficient (Wildman–Crippen LogP) is 2.97. The van der Waals surface area contributed by atoms with Gasteiger partial charge in [-0.1, -0.05) is 25.1 Å². The number of rotatable bonds is 5. The molecular weight excluding hydrogens is 264 g/mol. The van der Waals surface area contributed by atoms with Crippen LogP contribution in [-0.2, 0) is 6.42 Å². The Hall–Kier alpha value is -1.75. The van der Waals surface area contributed by atoms with Crippen molar-refractivity contribution in [2.45, 2.75) is 45.1 Å². The molecule has 2 aromatic rings. The number of likely N-dealkylation sites (tertiary alicyclic amines) is 1. The zero-order valence-electron chi connectivity index (χ0n) is 12.7. The van der Waals surface area contributed by atoms with Crippen LogP contribution in [0.4, 0.5) is 0 Å². The van der Waals surface area contributed by atoms with Gasteiger partial charge in [0.2, 0.25) is 5.89 Å². The van der Waals surface area contributed by atoms with E-state index in [1.165, 1.54) is 6.42 Å². The fraction of sp³-hybridized carbons (Fsp3) is 0.562. The molecule has 21 heavy (non-hydrogen) atoms. The molecule has 2 aromatic heterocycles. The lowest BCUT2D eigenvalue weighted by molar-refractivity contribution is 0.209. The number of hydrogen-bond donors (Lipinski definition) is 0. The maximum Gasteiger partial charge on any atom is 0.244 e. The zero-order valence-corrected chi connectivity index (χ0v) is 12.7. The van der Waals surface area contributed by atoms with E-state index in [1.54, 1.807) is 0 Å². The van der Waals surface area contributed by atoms with Gasteiger partial charge in [0.25, 0.3) is 0 Å². The molecule has 1 atom stereocenters. The Morgan fingerprint density at radius 3 is 3.00 bits per heavy atom. The average Bonchev–Trinajstić information content (AvgIpc) is 3.15. The van der Waals surface area contributed by atoms with Crippen LogP contribution in [0.15, 0.2) is 28.9 Å². The number of hydrogen-bond acceptors (Lipinski definition) is 5. The van der Waals surface area contributed by atoms with Crippen LogP contribution in [0.2, 0.25) is 0 Å². The molecular formula is C16H22N4O. The molecule has 1 fully saturated rings.